The van der Waals surface area contributed by atoms with Gasteiger partial charge in [0.25, 0.3) is 5.60 Å². The highest BCUT2D eigenvalue weighted by molar-refractivity contribution is 5.68. The van der Waals surface area contributed by atoms with Crippen molar-refractivity contribution in [3.8, 4) is 23.0 Å². The second-order valence-electron chi connectivity index (χ2n) is 7.63. The predicted molar refractivity (Wildman–Crippen MR) is 117 cm³/mol. The van der Waals surface area contributed by atoms with Crippen molar-refractivity contribution in [2.75, 3.05) is 5.32 Å². The number of rotatable bonds is 5. The van der Waals surface area contributed by atoms with Gasteiger partial charge in [-0.1, -0.05) is 12.1 Å². The zero-order valence-electron chi connectivity index (χ0n) is 18.0. The van der Waals surface area contributed by atoms with Crippen molar-refractivity contribution in [3.05, 3.63) is 90.3 Å². The smallest absolute Gasteiger partial charge is 0.369 e. The van der Waals surface area contributed by atoms with E-state index in [2.05, 4.69) is 15.4 Å². The van der Waals surface area contributed by atoms with Gasteiger partial charge in [-0.3, -0.25) is 4.98 Å². The molecule has 12 heteroatoms. The average molecular weight is 503 g/mol. The molecule has 0 amide bonds. The molecule has 0 aliphatic rings. The maximum atomic E-state index is 13.2. The molecule has 2 heterocycles. The van der Waals surface area contributed by atoms with Crippen LogP contribution in [0.25, 0.3) is 16.9 Å². The van der Waals surface area contributed by atoms with Crippen molar-refractivity contribution in [1.29, 1.82) is 5.26 Å². The molecular formula is C24H15F6N5O. The molecule has 0 saturated heterocycles. The minimum Gasteiger partial charge on any atom is -0.369 e. The number of hydrogen-bond donors (Lipinski definition) is 2. The molecule has 0 aliphatic carbocycles. The Morgan fingerprint density at radius 2 is 1.42 bits per heavy atom. The summed E-state index contributed by atoms with van der Waals surface area (Å²) in [6, 6.07) is 16.4. The van der Waals surface area contributed by atoms with E-state index < -0.39 is 23.5 Å². The lowest BCUT2D eigenvalue weighted by Gasteiger charge is -2.32. The highest BCUT2D eigenvalue weighted by Gasteiger charge is 2.71. The Hall–Kier alpha value is -4.37. The van der Waals surface area contributed by atoms with Crippen LogP contribution in [-0.2, 0) is 5.60 Å². The van der Waals surface area contributed by atoms with Gasteiger partial charge in [0.1, 0.15) is 5.82 Å². The second-order valence-corrected chi connectivity index (χ2v) is 7.63. The molecule has 2 aromatic heterocycles. The first kappa shape index (κ1) is 24.7. The summed E-state index contributed by atoms with van der Waals surface area (Å²) in [5.41, 5.74) is -4.21. The van der Waals surface area contributed by atoms with Crippen molar-refractivity contribution < 1.29 is 31.4 Å². The Bertz CT molecular complexity index is 1370. The number of nitrogens with zero attached hydrogens (tertiary/aromatic N) is 4. The quantitative estimate of drug-likeness (QED) is 0.333. The SMILES string of the molecule is N#Cc1ccc(Nc2cc(-c3ccncc3)nn2-c2ccc(C(O)(C(F)(F)F)C(F)(F)F)cc2)cc1. The van der Waals surface area contributed by atoms with E-state index in [1.54, 1.807) is 42.5 Å². The summed E-state index contributed by atoms with van der Waals surface area (Å²) in [5, 5.41) is 26.1. The van der Waals surface area contributed by atoms with E-state index in [9.17, 15) is 31.4 Å². The molecule has 0 aliphatic heterocycles. The van der Waals surface area contributed by atoms with Crippen molar-refractivity contribution in [2.24, 2.45) is 0 Å². The summed E-state index contributed by atoms with van der Waals surface area (Å²) in [4.78, 5) is 3.93. The van der Waals surface area contributed by atoms with E-state index in [0.29, 0.717) is 40.5 Å². The molecule has 0 spiro atoms. The van der Waals surface area contributed by atoms with E-state index in [1.165, 1.54) is 17.1 Å². The minimum atomic E-state index is -5.99. The third-order valence-electron chi connectivity index (χ3n) is 5.32. The van der Waals surface area contributed by atoms with E-state index >= 15 is 0 Å². The van der Waals surface area contributed by atoms with Crippen molar-refractivity contribution in [3.63, 3.8) is 0 Å². The molecular weight excluding hydrogens is 488 g/mol. The number of anilines is 2. The number of aromatic nitrogens is 3. The van der Waals surface area contributed by atoms with Gasteiger partial charge < -0.3 is 10.4 Å². The largest absolute Gasteiger partial charge is 0.430 e. The Labute approximate surface area is 200 Å². The molecule has 0 radical (unpaired) electrons. The molecule has 2 aromatic carbocycles. The average Bonchev–Trinajstić information content (AvgIpc) is 3.27. The van der Waals surface area contributed by atoms with Crippen LogP contribution in [0.1, 0.15) is 11.1 Å². The molecule has 184 valence electrons. The van der Waals surface area contributed by atoms with Gasteiger partial charge in [-0.15, -0.1) is 0 Å². The van der Waals surface area contributed by atoms with Crippen LogP contribution in [0.5, 0.6) is 0 Å². The van der Waals surface area contributed by atoms with Gasteiger partial charge >= 0.3 is 12.4 Å². The predicted octanol–water partition coefficient (Wildman–Crippen LogP) is 5.86. The Morgan fingerprint density at radius 1 is 0.833 bits per heavy atom. The summed E-state index contributed by atoms with van der Waals surface area (Å²) >= 11 is 0. The first-order valence-corrected chi connectivity index (χ1v) is 10.2. The van der Waals surface area contributed by atoms with E-state index in [-0.39, 0.29) is 5.69 Å². The Kier molecular flexibility index (Phi) is 6.19. The summed E-state index contributed by atoms with van der Waals surface area (Å²) in [5.74, 6) is 0.334. The van der Waals surface area contributed by atoms with Crippen LogP contribution in [0.2, 0.25) is 0 Å². The van der Waals surface area contributed by atoms with Crippen LogP contribution < -0.4 is 5.32 Å². The van der Waals surface area contributed by atoms with Gasteiger partial charge in [0.2, 0.25) is 0 Å². The van der Waals surface area contributed by atoms with Crippen LogP contribution in [-0.4, -0.2) is 32.2 Å². The number of alkyl halides is 6. The lowest BCUT2D eigenvalue weighted by molar-refractivity contribution is -0.376. The number of aliphatic hydroxyl groups is 1. The van der Waals surface area contributed by atoms with Gasteiger partial charge in [-0.2, -0.15) is 36.7 Å². The van der Waals surface area contributed by atoms with Crippen molar-refractivity contribution in [2.45, 2.75) is 18.0 Å². The maximum absolute atomic E-state index is 13.2. The molecule has 4 rings (SSSR count). The summed E-state index contributed by atoms with van der Waals surface area (Å²) in [6.07, 6.45) is -8.91. The molecule has 0 unspecified atom stereocenters. The first-order chi connectivity index (χ1) is 16.9. The number of pyridine rings is 1. The van der Waals surface area contributed by atoms with Crippen LogP contribution in [0.4, 0.5) is 37.8 Å². The highest BCUT2D eigenvalue weighted by Crippen LogP contribution is 2.50. The fraction of sp³-hybridized carbons (Fsp3) is 0.125. The second kappa shape index (κ2) is 9.01. The molecule has 36 heavy (non-hydrogen) atoms. The Balaban J connectivity index is 1.78. The normalized spacial score (nSPS) is 12.3. The molecule has 4 aromatic rings. The first-order valence-electron chi connectivity index (χ1n) is 10.2. The maximum Gasteiger partial charge on any atom is 0.430 e. The monoisotopic (exact) mass is 503 g/mol. The van der Waals surface area contributed by atoms with Gasteiger partial charge in [0, 0.05) is 35.3 Å². The zero-order chi connectivity index (χ0) is 26.1. The number of benzene rings is 2. The molecule has 6 nitrogen and oxygen atoms in total. The number of nitriles is 1. The van der Waals surface area contributed by atoms with Crippen LogP contribution in [0, 0.1) is 11.3 Å². The lowest BCUT2D eigenvalue weighted by Crippen LogP contribution is -2.53. The fourth-order valence-electron chi connectivity index (χ4n) is 3.44. The summed E-state index contributed by atoms with van der Waals surface area (Å²) in [6.45, 7) is 0. The van der Waals surface area contributed by atoms with Gasteiger partial charge in [-0.05, 0) is 48.5 Å². The fourth-order valence-corrected chi connectivity index (χ4v) is 3.44. The molecule has 0 fully saturated rings. The Morgan fingerprint density at radius 3 is 1.94 bits per heavy atom. The van der Waals surface area contributed by atoms with Crippen molar-refractivity contribution in [1.82, 2.24) is 14.8 Å². The number of halogens is 6. The van der Waals surface area contributed by atoms with Crippen LogP contribution >= 0.6 is 0 Å². The van der Waals surface area contributed by atoms with Crippen LogP contribution in [0.15, 0.2) is 79.1 Å². The third kappa shape index (κ3) is 4.48. The van der Waals surface area contributed by atoms with E-state index in [1.807, 2.05) is 6.07 Å². The summed E-state index contributed by atoms with van der Waals surface area (Å²) in [7, 11) is 0. The number of hydrogen-bond acceptors (Lipinski definition) is 5. The number of nitrogens with one attached hydrogen (secondary N) is 1. The van der Waals surface area contributed by atoms with Gasteiger partial charge in [0.05, 0.1) is 23.0 Å². The molecule has 0 saturated carbocycles. The van der Waals surface area contributed by atoms with Gasteiger partial charge in [0.15, 0.2) is 0 Å². The summed E-state index contributed by atoms with van der Waals surface area (Å²) < 4.78 is 80.7. The van der Waals surface area contributed by atoms with Crippen LogP contribution in [0.3, 0.4) is 0 Å². The topological polar surface area (TPSA) is 86.8 Å². The zero-order valence-corrected chi connectivity index (χ0v) is 18.0. The highest BCUT2D eigenvalue weighted by atomic mass is 19.4. The van der Waals surface area contributed by atoms with E-state index in [0.717, 1.165) is 12.1 Å². The van der Waals surface area contributed by atoms with Crippen molar-refractivity contribution >= 4 is 11.5 Å². The standard InChI is InChI=1S/C24H15F6N5O/c25-23(26,27)22(36,24(28,29)30)17-3-7-19(8-4-17)35-21(33-18-5-1-15(14-31)2-6-18)13-20(34-35)16-9-11-32-12-10-16/h1-13,33,36H. The minimum absolute atomic E-state index is 0.127. The van der Waals surface area contributed by atoms with Gasteiger partial charge in [-0.25, -0.2) is 4.68 Å². The van der Waals surface area contributed by atoms with E-state index in [4.69, 9.17) is 5.26 Å². The molecule has 0 bridgehead atoms. The lowest BCUT2D eigenvalue weighted by atomic mass is 9.92. The molecule has 2 N–H and O–H groups in total. The third-order valence-corrected chi connectivity index (χ3v) is 5.32. The molecule has 0 atom stereocenters.